The van der Waals surface area contributed by atoms with Gasteiger partial charge in [0.2, 0.25) is 0 Å². The summed E-state index contributed by atoms with van der Waals surface area (Å²) in [5.74, 6) is 2.49. The van der Waals surface area contributed by atoms with E-state index in [1.807, 2.05) is 13.8 Å². The molecule has 1 amide bonds. The van der Waals surface area contributed by atoms with Gasteiger partial charge in [-0.3, -0.25) is 10.0 Å². The highest BCUT2D eigenvalue weighted by molar-refractivity contribution is 7.99. The number of nitrogens with zero attached hydrogens (tertiary/aromatic N) is 1. The summed E-state index contributed by atoms with van der Waals surface area (Å²) in [5.41, 5.74) is -0.526. The van der Waals surface area contributed by atoms with Gasteiger partial charge in [0.1, 0.15) is 0 Å². The minimum absolute atomic E-state index is 0.220. The van der Waals surface area contributed by atoms with Crippen LogP contribution in [0.15, 0.2) is 12.2 Å². The van der Waals surface area contributed by atoms with Gasteiger partial charge in [0.25, 0.3) is 5.91 Å². The van der Waals surface area contributed by atoms with Crippen molar-refractivity contribution in [2.75, 3.05) is 12.8 Å². The number of thioether (sulfide) groups is 1. The number of rotatable bonds is 10. The van der Waals surface area contributed by atoms with E-state index in [4.69, 9.17) is 4.74 Å². The molecule has 2 aliphatic heterocycles. The van der Waals surface area contributed by atoms with Gasteiger partial charge in [-0.25, -0.2) is 5.06 Å². The summed E-state index contributed by atoms with van der Waals surface area (Å²) in [6, 6.07) is 0. The number of ether oxygens (including phenoxy) is 1. The molecule has 0 spiro atoms. The van der Waals surface area contributed by atoms with Crippen molar-refractivity contribution in [1.29, 1.82) is 0 Å². The van der Waals surface area contributed by atoms with E-state index < -0.39 is 5.41 Å². The molecule has 1 saturated carbocycles. The summed E-state index contributed by atoms with van der Waals surface area (Å²) in [4.78, 5) is 12.0. The molecule has 2 bridgehead atoms. The number of amides is 1. The fraction of sp³-hybridized carbons (Fsp3) is 0.875. The molecule has 4 nitrogen and oxygen atoms in total. The lowest BCUT2D eigenvalue weighted by molar-refractivity contribution is -0.169. The maximum absolute atomic E-state index is 12.0. The predicted molar refractivity (Wildman–Crippen MR) is 120 cm³/mol. The second kappa shape index (κ2) is 10.7. The Morgan fingerprint density at radius 3 is 2.48 bits per heavy atom. The first-order chi connectivity index (χ1) is 13.9. The van der Waals surface area contributed by atoms with Gasteiger partial charge in [-0.15, -0.1) is 0 Å². The summed E-state index contributed by atoms with van der Waals surface area (Å²) in [6.45, 7) is 3.80. The van der Waals surface area contributed by atoms with Crippen LogP contribution >= 0.6 is 11.8 Å². The van der Waals surface area contributed by atoms with Crippen molar-refractivity contribution in [1.82, 2.24) is 5.06 Å². The summed E-state index contributed by atoms with van der Waals surface area (Å²) in [6.07, 6.45) is 19.2. The lowest BCUT2D eigenvalue weighted by atomic mass is 9.76. The third kappa shape index (κ3) is 6.24. The molecule has 166 valence electrons. The molecule has 0 radical (unpaired) electrons. The highest BCUT2D eigenvalue weighted by atomic mass is 32.2. The largest absolute Gasteiger partial charge is 0.374 e. The van der Waals surface area contributed by atoms with E-state index in [1.165, 1.54) is 64.2 Å². The Balaban J connectivity index is 1.41. The zero-order valence-electron chi connectivity index (χ0n) is 18.6. The third-order valence-corrected chi connectivity index (χ3v) is 8.75. The van der Waals surface area contributed by atoms with Crippen LogP contribution in [-0.4, -0.2) is 46.4 Å². The van der Waals surface area contributed by atoms with Gasteiger partial charge in [-0.2, -0.15) is 11.8 Å². The number of carbonyl (C=O) groups is 1. The highest BCUT2D eigenvalue weighted by Crippen LogP contribution is 2.47. The number of fused-ring (bicyclic) bond motifs is 2. The van der Waals surface area contributed by atoms with E-state index in [0.717, 1.165) is 30.4 Å². The molecular weight excluding hydrogens is 382 g/mol. The zero-order valence-corrected chi connectivity index (χ0v) is 19.5. The summed E-state index contributed by atoms with van der Waals surface area (Å²) < 4.78 is 6.29. The van der Waals surface area contributed by atoms with Gasteiger partial charge in [0.15, 0.2) is 0 Å². The lowest BCUT2D eigenvalue weighted by Crippen LogP contribution is -2.36. The van der Waals surface area contributed by atoms with Crippen molar-refractivity contribution in [3.8, 4) is 0 Å². The molecule has 0 aromatic carbocycles. The first-order valence-electron chi connectivity index (χ1n) is 11.8. The second-order valence-electron chi connectivity index (χ2n) is 10.00. The Bertz CT molecular complexity index is 556. The van der Waals surface area contributed by atoms with Crippen molar-refractivity contribution < 1.29 is 14.7 Å². The van der Waals surface area contributed by atoms with Crippen LogP contribution in [0.25, 0.3) is 0 Å². The van der Waals surface area contributed by atoms with Crippen molar-refractivity contribution in [2.24, 2.45) is 17.3 Å². The van der Waals surface area contributed by atoms with Crippen LogP contribution in [0.5, 0.6) is 0 Å². The topological polar surface area (TPSA) is 49.8 Å². The SMILES string of the molecule is CN(O)C(=O)C(C)(C)CC/C=C\C[C@@H]1[C@H](CCSC2CCCCC2)[C@@H]2CC[C@H]1O2. The summed E-state index contributed by atoms with van der Waals surface area (Å²) in [7, 11) is 1.40. The van der Waals surface area contributed by atoms with E-state index in [2.05, 4.69) is 23.9 Å². The first kappa shape index (κ1) is 23.1. The molecule has 4 atom stereocenters. The molecule has 1 aliphatic carbocycles. The van der Waals surface area contributed by atoms with E-state index >= 15 is 0 Å². The Hall–Kier alpha value is -0.520. The van der Waals surface area contributed by atoms with Crippen LogP contribution in [-0.2, 0) is 9.53 Å². The minimum Gasteiger partial charge on any atom is -0.374 e. The number of carbonyl (C=O) groups excluding carboxylic acids is 1. The van der Waals surface area contributed by atoms with Crippen LogP contribution in [0, 0.1) is 17.3 Å². The lowest BCUT2D eigenvalue weighted by Gasteiger charge is -2.28. The molecular formula is C24H41NO3S. The van der Waals surface area contributed by atoms with Crippen LogP contribution in [0.3, 0.4) is 0 Å². The Morgan fingerprint density at radius 2 is 1.79 bits per heavy atom. The summed E-state index contributed by atoms with van der Waals surface area (Å²) >= 11 is 2.22. The van der Waals surface area contributed by atoms with E-state index in [9.17, 15) is 10.0 Å². The van der Waals surface area contributed by atoms with Gasteiger partial charge in [-0.05, 0) is 69.0 Å². The molecule has 0 aromatic rings. The molecule has 5 heteroatoms. The fourth-order valence-corrected chi connectivity index (χ4v) is 6.97. The maximum atomic E-state index is 12.0. The Morgan fingerprint density at radius 1 is 1.10 bits per heavy atom. The second-order valence-corrected chi connectivity index (χ2v) is 11.4. The number of hydroxylamine groups is 2. The van der Waals surface area contributed by atoms with Crippen LogP contribution in [0.1, 0.15) is 84.5 Å². The molecule has 3 aliphatic rings. The smallest absolute Gasteiger partial charge is 0.251 e. The molecule has 2 saturated heterocycles. The third-order valence-electron chi connectivity index (χ3n) is 7.33. The van der Waals surface area contributed by atoms with Crippen LogP contribution < -0.4 is 0 Å². The predicted octanol–water partition coefficient (Wildman–Crippen LogP) is 5.84. The molecule has 29 heavy (non-hydrogen) atoms. The van der Waals surface area contributed by atoms with Gasteiger partial charge in [-0.1, -0.05) is 45.3 Å². The Kier molecular flexibility index (Phi) is 8.52. The number of hydrogen-bond acceptors (Lipinski definition) is 4. The molecule has 3 rings (SSSR count). The summed E-state index contributed by atoms with van der Waals surface area (Å²) in [5, 5.41) is 11.0. The average Bonchev–Trinajstić information content (AvgIpc) is 3.30. The monoisotopic (exact) mass is 423 g/mol. The molecule has 3 fully saturated rings. The van der Waals surface area contributed by atoms with Gasteiger partial charge < -0.3 is 4.74 Å². The van der Waals surface area contributed by atoms with E-state index in [1.54, 1.807) is 0 Å². The fourth-order valence-electron chi connectivity index (χ4n) is 5.56. The molecule has 1 N–H and O–H groups in total. The zero-order chi connectivity index (χ0) is 20.9. The van der Waals surface area contributed by atoms with Crippen molar-refractivity contribution in [2.45, 2.75) is 102 Å². The van der Waals surface area contributed by atoms with E-state index in [-0.39, 0.29) is 5.91 Å². The quantitative estimate of drug-likeness (QED) is 0.273. The number of hydrogen-bond donors (Lipinski definition) is 1. The Labute approximate surface area is 181 Å². The number of allylic oxidation sites excluding steroid dienone is 2. The average molecular weight is 424 g/mol. The van der Waals surface area contributed by atoms with Crippen LogP contribution in [0.4, 0.5) is 0 Å². The van der Waals surface area contributed by atoms with Crippen LogP contribution in [0.2, 0.25) is 0 Å². The van der Waals surface area contributed by atoms with E-state index in [0.29, 0.717) is 23.2 Å². The van der Waals surface area contributed by atoms with Gasteiger partial charge in [0.05, 0.1) is 12.2 Å². The highest BCUT2D eigenvalue weighted by Gasteiger charge is 2.47. The standard InChI is InChI=1S/C24H41NO3S/c1-24(2,23(26)25(3)27)16-9-5-8-12-19-20(22-14-13-21(19)28-22)15-17-29-18-10-6-4-7-11-18/h5,8,18-22,27H,4,6-7,9-17H2,1-3H3/b8-5-/t19-,20+,21-,22+/m1/s1. The van der Waals surface area contributed by atoms with Crippen molar-refractivity contribution in [3.05, 3.63) is 12.2 Å². The van der Waals surface area contributed by atoms with Crippen molar-refractivity contribution in [3.63, 3.8) is 0 Å². The normalized spacial score (nSPS) is 30.3. The van der Waals surface area contributed by atoms with Gasteiger partial charge >= 0.3 is 0 Å². The molecule has 0 unspecified atom stereocenters. The first-order valence-corrected chi connectivity index (χ1v) is 12.8. The van der Waals surface area contributed by atoms with Crippen molar-refractivity contribution >= 4 is 17.7 Å². The molecule has 2 heterocycles. The molecule has 0 aromatic heterocycles. The minimum atomic E-state index is -0.526. The van der Waals surface area contributed by atoms with Gasteiger partial charge in [0, 0.05) is 17.7 Å². The maximum Gasteiger partial charge on any atom is 0.251 e.